The molecule has 0 aliphatic heterocycles. The van der Waals surface area contributed by atoms with E-state index < -0.39 is 0 Å². The van der Waals surface area contributed by atoms with E-state index in [0.717, 1.165) is 17.8 Å². The van der Waals surface area contributed by atoms with Gasteiger partial charge in [0.1, 0.15) is 0 Å². The Bertz CT molecular complexity index is 160. The average Bonchev–Trinajstić information content (AvgIpc) is 2.27. The Labute approximate surface area is 123 Å². The highest BCUT2D eigenvalue weighted by Gasteiger charge is 2.06. The van der Waals surface area contributed by atoms with Crippen LogP contribution in [0.3, 0.4) is 0 Å². The smallest absolute Gasteiger partial charge is 0.0303 e. The molecule has 0 aliphatic rings. The van der Waals surface area contributed by atoms with Crippen LogP contribution in [0.1, 0.15) is 99.3 Å². The van der Waals surface area contributed by atoms with Gasteiger partial charge in [0.15, 0.2) is 0 Å². The van der Waals surface area contributed by atoms with Gasteiger partial charge in [0.2, 0.25) is 0 Å². The standard InChI is InChI=1S/C19H39/c1-16(2)10-7-12-18(5)14-9-15-19(6)13-8-11-17(3)4/h16,18-19H,7-15H2,1-6H3. The summed E-state index contributed by atoms with van der Waals surface area (Å²) in [6.45, 7) is 14.1. The second-order valence-corrected chi connectivity index (χ2v) is 7.57. The minimum absolute atomic E-state index is 0.881. The molecular formula is C19H39. The van der Waals surface area contributed by atoms with Gasteiger partial charge in [0.05, 0.1) is 0 Å². The molecule has 0 heterocycles. The van der Waals surface area contributed by atoms with Crippen molar-refractivity contribution >= 4 is 0 Å². The molecule has 0 rings (SSSR count). The molecule has 0 aromatic rings. The summed E-state index contributed by atoms with van der Waals surface area (Å²) in [5.41, 5.74) is 0. The zero-order valence-corrected chi connectivity index (χ0v) is 14.6. The second kappa shape index (κ2) is 11.8. The second-order valence-electron chi connectivity index (χ2n) is 7.57. The van der Waals surface area contributed by atoms with Crippen molar-refractivity contribution in [1.29, 1.82) is 0 Å². The molecule has 0 bridgehead atoms. The van der Waals surface area contributed by atoms with Gasteiger partial charge in [-0.15, -0.1) is 0 Å². The first-order valence-electron chi connectivity index (χ1n) is 8.70. The molecule has 0 heteroatoms. The van der Waals surface area contributed by atoms with Gasteiger partial charge >= 0.3 is 0 Å². The summed E-state index contributed by atoms with van der Waals surface area (Å²) in [5, 5.41) is 0. The fraction of sp³-hybridized carbons (Fsp3) is 0.947. The molecule has 0 N–H and O–H groups in total. The van der Waals surface area contributed by atoms with Crippen LogP contribution in [0.4, 0.5) is 0 Å². The Morgan fingerprint density at radius 1 is 0.632 bits per heavy atom. The monoisotopic (exact) mass is 267 g/mol. The van der Waals surface area contributed by atoms with E-state index in [1.807, 2.05) is 0 Å². The van der Waals surface area contributed by atoms with Gasteiger partial charge in [0.25, 0.3) is 0 Å². The maximum Gasteiger partial charge on any atom is -0.0303 e. The summed E-state index contributed by atoms with van der Waals surface area (Å²) in [5.74, 6) is 4.34. The zero-order valence-electron chi connectivity index (χ0n) is 14.6. The van der Waals surface area contributed by atoms with Crippen LogP contribution >= 0.6 is 0 Å². The van der Waals surface area contributed by atoms with Crippen molar-refractivity contribution in [3.63, 3.8) is 0 Å². The van der Waals surface area contributed by atoms with Crippen molar-refractivity contribution in [2.75, 3.05) is 0 Å². The van der Waals surface area contributed by atoms with E-state index in [1.54, 1.807) is 5.92 Å². The van der Waals surface area contributed by atoms with E-state index >= 15 is 0 Å². The fourth-order valence-electron chi connectivity index (χ4n) is 2.78. The van der Waals surface area contributed by atoms with Crippen LogP contribution in [0.5, 0.6) is 0 Å². The van der Waals surface area contributed by atoms with Crippen LogP contribution < -0.4 is 0 Å². The van der Waals surface area contributed by atoms with Gasteiger partial charge < -0.3 is 0 Å². The van der Waals surface area contributed by atoms with Crippen molar-refractivity contribution < 1.29 is 0 Å². The lowest BCUT2D eigenvalue weighted by molar-refractivity contribution is 0.388. The first-order chi connectivity index (χ1) is 8.91. The Kier molecular flexibility index (Phi) is 11.8. The van der Waals surface area contributed by atoms with Gasteiger partial charge in [-0.3, -0.25) is 0 Å². The largest absolute Gasteiger partial charge is 0.0628 e. The minimum Gasteiger partial charge on any atom is -0.0628 e. The topological polar surface area (TPSA) is 0 Å². The van der Waals surface area contributed by atoms with Crippen LogP contribution in [-0.4, -0.2) is 0 Å². The SMILES string of the molecule is C[C](C)CCCC(C)CCCC(C)CCCC(C)C. The lowest BCUT2D eigenvalue weighted by Gasteiger charge is -2.15. The van der Waals surface area contributed by atoms with Crippen molar-refractivity contribution in [3.8, 4) is 0 Å². The minimum atomic E-state index is 0.881. The Morgan fingerprint density at radius 3 is 1.47 bits per heavy atom. The number of rotatable bonds is 12. The van der Waals surface area contributed by atoms with Gasteiger partial charge in [-0.2, -0.15) is 0 Å². The van der Waals surface area contributed by atoms with E-state index in [9.17, 15) is 0 Å². The van der Waals surface area contributed by atoms with Crippen LogP contribution in [0.25, 0.3) is 0 Å². The third-order valence-corrected chi connectivity index (χ3v) is 4.25. The average molecular weight is 268 g/mol. The highest BCUT2D eigenvalue weighted by atomic mass is 14.1. The first kappa shape index (κ1) is 19.0. The number of hydrogen-bond donors (Lipinski definition) is 0. The maximum absolute atomic E-state index is 2.44. The molecule has 0 aliphatic carbocycles. The fourth-order valence-corrected chi connectivity index (χ4v) is 2.78. The van der Waals surface area contributed by atoms with Crippen LogP contribution in [0.15, 0.2) is 0 Å². The lowest BCUT2D eigenvalue weighted by Crippen LogP contribution is -2.00. The van der Waals surface area contributed by atoms with E-state index in [1.165, 1.54) is 57.8 Å². The van der Waals surface area contributed by atoms with E-state index in [-0.39, 0.29) is 0 Å². The van der Waals surface area contributed by atoms with Gasteiger partial charge in [-0.25, -0.2) is 0 Å². The van der Waals surface area contributed by atoms with Gasteiger partial charge in [0, 0.05) is 0 Å². The molecule has 19 heavy (non-hydrogen) atoms. The third kappa shape index (κ3) is 14.2. The molecule has 0 saturated carbocycles. The van der Waals surface area contributed by atoms with Crippen molar-refractivity contribution in [2.24, 2.45) is 17.8 Å². The molecule has 115 valence electrons. The summed E-state index contributed by atoms with van der Waals surface area (Å²) >= 11 is 0. The quantitative estimate of drug-likeness (QED) is 0.356. The Hall–Kier alpha value is 0. The van der Waals surface area contributed by atoms with E-state index in [4.69, 9.17) is 0 Å². The van der Waals surface area contributed by atoms with Gasteiger partial charge in [-0.05, 0) is 30.1 Å². The van der Waals surface area contributed by atoms with E-state index in [2.05, 4.69) is 41.5 Å². The maximum atomic E-state index is 2.44. The van der Waals surface area contributed by atoms with E-state index in [0.29, 0.717) is 0 Å². The normalized spacial score (nSPS) is 15.2. The third-order valence-electron chi connectivity index (χ3n) is 4.25. The molecule has 2 atom stereocenters. The molecular weight excluding hydrogens is 228 g/mol. The van der Waals surface area contributed by atoms with Crippen molar-refractivity contribution in [1.82, 2.24) is 0 Å². The van der Waals surface area contributed by atoms with Crippen molar-refractivity contribution in [2.45, 2.75) is 99.3 Å². The molecule has 0 aromatic carbocycles. The molecule has 0 saturated heterocycles. The van der Waals surface area contributed by atoms with Crippen LogP contribution in [0, 0.1) is 23.7 Å². The Balaban J connectivity index is 3.40. The lowest BCUT2D eigenvalue weighted by atomic mass is 9.91. The summed E-state index contributed by atoms with van der Waals surface area (Å²) in [4.78, 5) is 0. The Morgan fingerprint density at radius 2 is 1.05 bits per heavy atom. The molecule has 0 fully saturated rings. The zero-order chi connectivity index (χ0) is 14.7. The first-order valence-corrected chi connectivity index (χ1v) is 8.70. The predicted octanol–water partition coefficient (Wildman–Crippen LogP) is 7.04. The molecule has 2 unspecified atom stereocenters. The predicted molar refractivity (Wildman–Crippen MR) is 89.3 cm³/mol. The highest BCUT2D eigenvalue weighted by Crippen LogP contribution is 2.22. The van der Waals surface area contributed by atoms with Gasteiger partial charge in [-0.1, -0.05) is 92.9 Å². The summed E-state index contributed by atoms with van der Waals surface area (Å²) < 4.78 is 0. The van der Waals surface area contributed by atoms with Crippen molar-refractivity contribution in [3.05, 3.63) is 5.92 Å². The van der Waals surface area contributed by atoms with Crippen LogP contribution in [0.2, 0.25) is 0 Å². The summed E-state index contributed by atoms with van der Waals surface area (Å²) in [6, 6.07) is 0. The molecule has 0 amide bonds. The summed E-state index contributed by atoms with van der Waals surface area (Å²) in [6.07, 6.45) is 12.8. The molecule has 1 radical (unpaired) electrons. The molecule has 0 nitrogen and oxygen atoms in total. The summed E-state index contributed by atoms with van der Waals surface area (Å²) in [7, 11) is 0. The molecule has 0 aromatic heterocycles. The molecule has 0 spiro atoms. The van der Waals surface area contributed by atoms with Crippen LogP contribution in [-0.2, 0) is 0 Å². The highest BCUT2D eigenvalue weighted by molar-refractivity contribution is 4.76. The number of hydrogen-bond acceptors (Lipinski definition) is 0.